The molecule has 0 amide bonds. The molecular formula is C7H16N2O5S. The van der Waals surface area contributed by atoms with Crippen molar-refractivity contribution in [1.82, 2.24) is 9.44 Å². The van der Waals surface area contributed by atoms with E-state index < -0.39 is 22.2 Å². The number of carboxylic acid groups (broad SMARTS) is 1. The summed E-state index contributed by atoms with van der Waals surface area (Å²) in [7, 11) is -2.52. The van der Waals surface area contributed by atoms with Crippen molar-refractivity contribution in [1.29, 1.82) is 0 Å². The number of nitrogens with one attached hydrogen (secondary N) is 2. The summed E-state index contributed by atoms with van der Waals surface area (Å²) in [5, 5.41) is 8.67. The van der Waals surface area contributed by atoms with Gasteiger partial charge in [0.25, 0.3) is 10.2 Å². The lowest BCUT2D eigenvalue weighted by Crippen LogP contribution is -2.50. The number of carbonyl (C=O) groups is 1. The molecule has 0 saturated carbocycles. The molecule has 0 aromatic rings. The van der Waals surface area contributed by atoms with Crippen LogP contribution in [0, 0.1) is 0 Å². The van der Waals surface area contributed by atoms with Crippen molar-refractivity contribution < 1.29 is 23.1 Å². The topological polar surface area (TPSA) is 105 Å². The maximum absolute atomic E-state index is 11.3. The van der Waals surface area contributed by atoms with E-state index in [1.807, 2.05) is 4.72 Å². The monoisotopic (exact) mass is 240 g/mol. The zero-order valence-corrected chi connectivity index (χ0v) is 9.67. The standard InChI is InChI=1S/C7H16N2O5S/c1-5(2)8-15(12,13)9-6(4-14-3)7(10)11/h5-6,8-9H,4H2,1-3H3,(H,10,11). The van der Waals surface area contributed by atoms with Crippen molar-refractivity contribution in [3.8, 4) is 0 Å². The van der Waals surface area contributed by atoms with Crippen molar-refractivity contribution >= 4 is 16.2 Å². The van der Waals surface area contributed by atoms with Crippen LogP contribution in [0.2, 0.25) is 0 Å². The Balaban J connectivity index is 4.45. The van der Waals surface area contributed by atoms with Crippen molar-refractivity contribution in [2.75, 3.05) is 13.7 Å². The average molecular weight is 240 g/mol. The first-order valence-corrected chi connectivity index (χ1v) is 5.78. The van der Waals surface area contributed by atoms with E-state index in [0.29, 0.717) is 0 Å². The first-order valence-electron chi connectivity index (χ1n) is 4.30. The molecule has 0 aliphatic rings. The van der Waals surface area contributed by atoms with E-state index in [4.69, 9.17) is 5.11 Å². The van der Waals surface area contributed by atoms with E-state index in [1.54, 1.807) is 13.8 Å². The molecule has 0 aromatic carbocycles. The van der Waals surface area contributed by atoms with Gasteiger partial charge in [-0.05, 0) is 13.8 Å². The second-order valence-electron chi connectivity index (χ2n) is 3.24. The van der Waals surface area contributed by atoms with Gasteiger partial charge in [0.15, 0.2) is 0 Å². The van der Waals surface area contributed by atoms with Gasteiger partial charge in [-0.15, -0.1) is 0 Å². The third-order valence-corrected chi connectivity index (χ3v) is 2.70. The highest BCUT2D eigenvalue weighted by atomic mass is 32.2. The third-order valence-electron chi connectivity index (χ3n) is 1.32. The van der Waals surface area contributed by atoms with Gasteiger partial charge >= 0.3 is 5.97 Å². The quantitative estimate of drug-likeness (QED) is 0.525. The lowest BCUT2D eigenvalue weighted by atomic mass is 10.3. The Labute approximate surface area is 89.0 Å². The Morgan fingerprint density at radius 1 is 1.40 bits per heavy atom. The lowest BCUT2D eigenvalue weighted by molar-refractivity contribution is -0.140. The van der Waals surface area contributed by atoms with Gasteiger partial charge < -0.3 is 9.84 Å². The van der Waals surface area contributed by atoms with Crippen LogP contribution in [0.3, 0.4) is 0 Å². The SMILES string of the molecule is COCC(NS(=O)(=O)NC(C)C)C(=O)O. The molecule has 0 radical (unpaired) electrons. The van der Waals surface area contributed by atoms with Crippen LogP contribution in [0.15, 0.2) is 0 Å². The Morgan fingerprint density at radius 2 is 1.93 bits per heavy atom. The van der Waals surface area contributed by atoms with Crippen LogP contribution in [0.25, 0.3) is 0 Å². The minimum absolute atomic E-state index is 0.228. The van der Waals surface area contributed by atoms with Crippen molar-refractivity contribution in [2.45, 2.75) is 25.9 Å². The number of aliphatic carboxylic acids is 1. The predicted molar refractivity (Wildman–Crippen MR) is 53.6 cm³/mol. The van der Waals surface area contributed by atoms with E-state index in [1.165, 1.54) is 7.11 Å². The van der Waals surface area contributed by atoms with Gasteiger partial charge in [-0.2, -0.15) is 17.9 Å². The van der Waals surface area contributed by atoms with Crippen LogP contribution in [-0.2, 0) is 19.7 Å². The fourth-order valence-corrected chi connectivity index (χ4v) is 2.09. The Kier molecular flexibility index (Phi) is 5.73. The van der Waals surface area contributed by atoms with Crippen molar-refractivity contribution in [2.24, 2.45) is 0 Å². The summed E-state index contributed by atoms with van der Waals surface area (Å²) in [5.74, 6) is -1.29. The minimum Gasteiger partial charge on any atom is -0.480 e. The molecule has 0 saturated heterocycles. The zero-order valence-electron chi connectivity index (χ0n) is 8.85. The van der Waals surface area contributed by atoms with Crippen LogP contribution < -0.4 is 9.44 Å². The summed E-state index contributed by atoms with van der Waals surface area (Å²) in [6.07, 6.45) is 0. The predicted octanol–water partition coefficient (Wildman–Crippen LogP) is -1.08. The maximum Gasteiger partial charge on any atom is 0.324 e. The number of ether oxygens (including phenoxy) is 1. The zero-order chi connectivity index (χ0) is 12.1. The van der Waals surface area contributed by atoms with Gasteiger partial charge in [0.1, 0.15) is 6.04 Å². The molecule has 0 fully saturated rings. The average Bonchev–Trinajstić information content (AvgIpc) is 2.00. The van der Waals surface area contributed by atoms with E-state index in [2.05, 4.69) is 9.46 Å². The molecule has 3 N–H and O–H groups in total. The number of methoxy groups -OCH3 is 1. The maximum atomic E-state index is 11.3. The second kappa shape index (κ2) is 6.01. The molecule has 0 spiro atoms. The molecule has 0 heterocycles. The van der Waals surface area contributed by atoms with Crippen LogP contribution in [-0.4, -0.2) is 45.3 Å². The molecule has 0 aromatic heterocycles. The van der Waals surface area contributed by atoms with Gasteiger partial charge in [0, 0.05) is 13.2 Å². The van der Waals surface area contributed by atoms with Crippen LogP contribution in [0.4, 0.5) is 0 Å². The second-order valence-corrected chi connectivity index (χ2v) is 4.72. The summed E-state index contributed by atoms with van der Waals surface area (Å²) >= 11 is 0. The molecule has 1 unspecified atom stereocenters. The Hall–Kier alpha value is -0.700. The first-order chi connectivity index (χ1) is 6.78. The summed E-state index contributed by atoms with van der Waals surface area (Å²) in [5.41, 5.74) is 0. The normalized spacial score (nSPS) is 14.1. The largest absolute Gasteiger partial charge is 0.480 e. The first kappa shape index (κ1) is 14.3. The smallest absolute Gasteiger partial charge is 0.324 e. The Morgan fingerprint density at radius 3 is 2.27 bits per heavy atom. The minimum atomic E-state index is -3.81. The van der Waals surface area contributed by atoms with E-state index in [-0.39, 0.29) is 12.6 Å². The highest BCUT2D eigenvalue weighted by molar-refractivity contribution is 7.87. The van der Waals surface area contributed by atoms with Gasteiger partial charge in [-0.25, -0.2) is 0 Å². The van der Waals surface area contributed by atoms with E-state index in [0.717, 1.165) is 0 Å². The third kappa shape index (κ3) is 6.39. The molecule has 90 valence electrons. The molecule has 0 aliphatic carbocycles. The summed E-state index contributed by atoms with van der Waals surface area (Å²) in [6.45, 7) is 3.03. The lowest BCUT2D eigenvalue weighted by Gasteiger charge is -2.15. The number of carboxylic acids is 1. The molecule has 0 aliphatic heterocycles. The molecular weight excluding hydrogens is 224 g/mol. The van der Waals surface area contributed by atoms with Crippen LogP contribution >= 0.6 is 0 Å². The van der Waals surface area contributed by atoms with Gasteiger partial charge in [-0.1, -0.05) is 0 Å². The summed E-state index contributed by atoms with van der Waals surface area (Å²) in [4.78, 5) is 10.6. The Bertz CT molecular complexity index is 301. The number of hydrogen-bond donors (Lipinski definition) is 3. The van der Waals surface area contributed by atoms with Crippen LogP contribution in [0.5, 0.6) is 0 Å². The molecule has 0 bridgehead atoms. The highest BCUT2D eigenvalue weighted by Gasteiger charge is 2.23. The number of rotatable bonds is 7. The summed E-state index contributed by atoms with van der Waals surface area (Å²) < 4.78 is 31.3. The van der Waals surface area contributed by atoms with Gasteiger partial charge in [0.2, 0.25) is 0 Å². The molecule has 1 atom stereocenters. The van der Waals surface area contributed by atoms with E-state index >= 15 is 0 Å². The number of hydrogen-bond acceptors (Lipinski definition) is 4. The fraction of sp³-hybridized carbons (Fsp3) is 0.857. The highest BCUT2D eigenvalue weighted by Crippen LogP contribution is 1.91. The van der Waals surface area contributed by atoms with Crippen LogP contribution in [0.1, 0.15) is 13.8 Å². The molecule has 15 heavy (non-hydrogen) atoms. The van der Waals surface area contributed by atoms with Crippen molar-refractivity contribution in [3.63, 3.8) is 0 Å². The summed E-state index contributed by atoms with van der Waals surface area (Å²) in [6, 6.07) is -1.59. The molecule has 8 heteroatoms. The van der Waals surface area contributed by atoms with Gasteiger partial charge in [0.05, 0.1) is 6.61 Å². The van der Waals surface area contributed by atoms with Gasteiger partial charge in [-0.3, -0.25) is 4.79 Å². The van der Waals surface area contributed by atoms with E-state index in [9.17, 15) is 13.2 Å². The molecule has 0 rings (SSSR count). The van der Waals surface area contributed by atoms with Crippen molar-refractivity contribution in [3.05, 3.63) is 0 Å². The fourth-order valence-electron chi connectivity index (χ4n) is 0.854. The molecule has 7 nitrogen and oxygen atoms in total.